The van der Waals surface area contributed by atoms with E-state index in [4.69, 9.17) is 25.6 Å². The van der Waals surface area contributed by atoms with Crippen molar-refractivity contribution in [3.05, 3.63) is 65.0 Å². The van der Waals surface area contributed by atoms with Gasteiger partial charge < -0.3 is 18.9 Å². The van der Waals surface area contributed by atoms with Crippen LogP contribution in [0.4, 0.5) is 0 Å². The zero-order chi connectivity index (χ0) is 22.5. The maximum Gasteiger partial charge on any atom is 0.257 e. The van der Waals surface area contributed by atoms with Crippen molar-refractivity contribution in [1.82, 2.24) is 15.0 Å². The molecule has 1 aliphatic rings. The summed E-state index contributed by atoms with van der Waals surface area (Å²) in [5, 5.41) is 4.81. The molecule has 0 radical (unpaired) electrons. The number of benzene rings is 2. The third-order valence-corrected chi connectivity index (χ3v) is 5.78. The van der Waals surface area contributed by atoms with Gasteiger partial charge in [-0.3, -0.25) is 4.79 Å². The molecule has 0 bridgehead atoms. The topological polar surface area (TPSA) is 77.7 Å². The summed E-state index contributed by atoms with van der Waals surface area (Å²) in [6.07, 6.45) is 4.95. The smallest absolute Gasteiger partial charge is 0.257 e. The monoisotopic (exact) mass is 453 g/mol. The molecule has 8 heteroatoms. The van der Waals surface area contributed by atoms with Gasteiger partial charge in [0.05, 0.1) is 14.2 Å². The molecule has 7 nitrogen and oxygen atoms in total. The zero-order valence-electron chi connectivity index (χ0n) is 18.0. The number of carbonyl (C=O) groups excluding carboxylic acids is 1. The van der Waals surface area contributed by atoms with Gasteiger partial charge in [-0.05, 0) is 60.9 Å². The van der Waals surface area contributed by atoms with E-state index in [1.807, 2.05) is 35.2 Å². The molecule has 1 saturated heterocycles. The van der Waals surface area contributed by atoms with Gasteiger partial charge in [0.25, 0.3) is 5.89 Å². The summed E-state index contributed by atoms with van der Waals surface area (Å²) in [5.74, 6) is 2.59. The van der Waals surface area contributed by atoms with Crippen LogP contribution in [0.5, 0.6) is 11.5 Å². The Hall–Kier alpha value is -3.32. The maximum atomic E-state index is 12.6. The van der Waals surface area contributed by atoms with E-state index in [0.29, 0.717) is 41.3 Å². The van der Waals surface area contributed by atoms with Gasteiger partial charge in [0.15, 0.2) is 17.3 Å². The molecule has 0 spiro atoms. The maximum absolute atomic E-state index is 12.6. The summed E-state index contributed by atoms with van der Waals surface area (Å²) in [6.45, 7) is 1.29. The van der Waals surface area contributed by atoms with Crippen LogP contribution in [-0.4, -0.2) is 48.3 Å². The fraction of sp³-hybridized carbons (Fsp3) is 0.292. The second-order valence-corrected chi connectivity index (χ2v) is 7.95. The van der Waals surface area contributed by atoms with Gasteiger partial charge >= 0.3 is 0 Å². The first-order chi connectivity index (χ1) is 15.6. The Kier molecular flexibility index (Phi) is 6.75. The number of hydrogen-bond donors (Lipinski definition) is 0. The molecule has 1 aromatic heterocycles. The van der Waals surface area contributed by atoms with Crippen LogP contribution < -0.4 is 9.47 Å². The van der Waals surface area contributed by atoms with E-state index in [1.165, 1.54) is 0 Å². The first-order valence-electron chi connectivity index (χ1n) is 10.4. The Morgan fingerprint density at radius 1 is 1.09 bits per heavy atom. The van der Waals surface area contributed by atoms with E-state index < -0.39 is 0 Å². The molecule has 0 unspecified atom stereocenters. The normalized spacial score (nSPS) is 14.7. The number of piperidine rings is 1. The van der Waals surface area contributed by atoms with E-state index in [0.717, 1.165) is 24.0 Å². The number of nitrogens with zero attached hydrogens (tertiary/aromatic N) is 3. The highest BCUT2D eigenvalue weighted by molar-refractivity contribution is 6.30. The van der Waals surface area contributed by atoms with Gasteiger partial charge in [-0.1, -0.05) is 22.8 Å². The standard InChI is InChI=1S/C24H24ClN3O4/c1-30-20-9-3-16(15-21(20)31-2)4-10-22(29)28-13-11-17(12-14-28)23-26-24(32-27-23)18-5-7-19(25)8-6-18/h3-10,15,17H,11-14H2,1-2H3. The number of methoxy groups -OCH3 is 2. The average molecular weight is 454 g/mol. The molecule has 3 aromatic rings. The van der Waals surface area contributed by atoms with Crippen LogP contribution in [0.2, 0.25) is 5.02 Å². The lowest BCUT2D eigenvalue weighted by molar-refractivity contribution is -0.127. The van der Waals surface area contributed by atoms with Gasteiger partial charge in [0.1, 0.15) is 0 Å². The molecule has 2 heterocycles. The molecule has 1 fully saturated rings. The Labute approximate surface area is 191 Å². The second kappa shape index (κ2) is 9.87. The van der Waals surface area contributed by atoms with Crippen molar-refractivity contribution in [3.63, 3.8) is 0 Å². The third-order valence-electron chi connectivity index (χ3n) is 5.53. The first-order valence-corrected chi connectivity index (χ1v) is 10.7. The van der Waals surface area contributed by atoms with E-state index in [2.05, 4.69) is 10.1 Å². The Bertz CT molecular complexity index is 1100. The lowest BCUT2D eigenvalue weighted by atomic mass is 9.96. The van der Waals surface area contributed by atoms with E-state index >= 15 is 0 Å². The van der Waals surface area contributed by atoms with Crippen molar-refractivity contribution >= 4 is 23.6 Å². The average Bonchev–Trinajstić information content (AvgIpc) is 3.33. The molecule has 0 saturated carbocycles. The van der Waals surface area contributed by atoms with Gasteiger partial charge in [0, 0.05) is 35.7 Å². The minimum atomic E-state index is -0.0202. The molecule has 32 heavy (non-hydrogen) atoms. The van der Waals surface area contributed by atoms with Gasteiger partial charge in [-0.25, -0.2) is 0 Å². The van der Waals surface area contributed by atoms with Gasteiger partial charge in [-0.15, -0.1) is 0 Å². The number of amides is 1. The van der Waals surface area contributed by atoms with Crippen LogP contribution in [0.15, 0.2) is 53.1 Å². The fourth-order valence-corrected chi connectivity index (χ4v) is 3.82. The quantitative estimate of drug-likeness (QED) is 0.497. The number of aromatic nitrogens is 2. The Morgan fingerprint density at radius 3 is 2.50 bits per heavy atom. The molecule has 0 N–H and O–H groups in total. The molecule has 0 atom stereocenters. The molecule has 4 rings (SSSR count). The third kappa shape index (κ3) is 4.94. The van der Waals surface area contributed by atoms with Gasteiger partial charge in [-0.2, -0.15) is 4.98 Å². The van der Waals surface area contributed by atoms with Crippen molar-refractivity contribution in [2.45, 2.75) is 18.8 Å². The van der Waals surface area contributed by atoms with Gasteiger partial charge in [0.2, 0.25) is 5.91 Å². The van der Waals surface area contributed by atoms with E-state index in [-0.39, 0.29) is 11.8 Å². The summed E-state index contributed by atoms with van der Waals surface area (Å²) in [7, 11) is 3.18. The van der Waals surface area contributed by atoms with Crippen LogP contribution >= 0.6 is 11.6 Å². The lowest BCUT2D eigenvalue weighted by Crippen LogP contribution is -2.37. The highest BCUT2D eigenvalue weighted by atomic mass is 35.5. The van der Waals surface area contributed by atoms with Crippen molar-refractivity contribution in [2.75, 3.05) is 27.3 Å². The number of likely N-dealkylation sites (tertiary alicyclic amines) is 1. The van der Waals surface area contributed by atoms with Crippen molar-refractivity contribution < 1.29 is 18.8 Å². The molecule has 166 valence electrons. The summed E-state index contributed by atoms with van der Waals surface area (Å²) in [6, 6.07) is 12.8. The Balaban J connectivity index is 1.34. The molecule has 2 aromatic carbocycles. The van der Waals surface area contributed by atoms with E-state index in [1.54, 1.807) is 38.5 Å². The summed E-state index contributed by atoms with van der Waals surface area (Å²) < 4.78 is 16.0. The summed E-state index contributed by atoms with van der Waals surface area (Å²) in [5.41, 5.74) is 1.70. The molecule has 0 aliphatic carbocycles. The van der Waals surface area contributed by atoms with Crippen molar-refractivity contribution in [1.29, 1.82) is 0 Å². The number of rotatable bonds is 6. The first kappa shape index (κ1) is 21.9. The Morgan fingerprint density at radius 2 is 1.81 bits per heavy atom. The van der Waals surface area contributed by atoms with Crippen molar-refractivity contribution in [3.8, 4) is 23.0 Å². The fourth-order valence-electron chi connectivity index (χ4n) is 3.70. The molecular weight excluding hydrogens is 430 g/mol. The van der Waals surface area contributed by atoms with Crippen LogP contribution in [0, 0.1) is 0 Å². The highest BCUT2D eigenvalue weighted by Crippen LogP contribution is 2.30. The van der Waals surface area contributed by atoms with Crippen LogP contribution in [0.25, 0.3) is 17.5 Å². The summed E-state index contributed by atoms with van der Waals surface area (Å²) >= 11 is 5.93. The predicted molar refractivity (Wildman–Crippen MR) is 122 cm³/mol. The predicted octanol–water partition coefficient (Wildman–Crippen LogP) is 4.83. The van der Waals surface area contributed by atoms with E-state index in [9.17, 15) is 4.79 Å². The largest absolute Gasteiger partial charge is 0.493 e. The number of carbonyl (C=O) groups is 1. The van der Waals surface area contributed by atoms with Crippen LogP contribution in [0.3, 0.4) is 0 Å². The lowest BCUT2D eigenvalue weighted by Gasteiger charge is -2.29. The zero-order valence-corrected chi connectivity index (χ0v) is 18.7. The van der Waals surface area contributed by atoms with Crippen molar-refractivity contribution in [2.24, 2.45) is 0 Å². The SMILES string of the molecule is COc1ccc(C=CC(=O)N2CCC(c3noc(-c4ccc(Cl)cc4)n3)CC2)cc1OC. The second-order valence-electron chi connectivity index (χ2n) is 7.51. The summed E-state index contributed by atoms with van der Waals surface area (Å²) in [4.78, 5) is 19.0. The minimum absolute atomic E-state index is 0.0202. The highest BCUT2D eigenvalue weighted by Gasteiger charge is 2.26. The number of ether oxygens (including phenoxy) is 2. The molecular formula is C24H24ClN3O4. The number of hydrogen-bond acceptors (Lipinski definition) is 6. The minimum Gasteiger partial charge on any atom is -0.493 e. The molecule has 1 amide bonds. The van der Waals surface area contributed by atoms with Crippen LogP contribution in [-0.2, 0) is 4.79 Å². The van der Waals surface area contributed by atoms with Crippen LogP contribution in [0.1, 0.15) is 30.1 Å². The molecule has 1 aliphatic heterocycles. The number of halogens is 1.